The third-order valence-electron chi connectivity index (χ3n) is 6.03. The number of para-hydroxylation sites is 1. The van der Waals surface area contributed by atoms with Crippen LogP contribution in [-0.4, -0.2) is 35.7 Å². The Balaban J connectivity index is 1.42. The van der Waals surface area contributed by atoms with Crippen LogP contribution in [0.3, 0.4) is 0 Å². The van der Waals surface area contributed by atoms with Crippen LogP contribution in [0.2, 0.25) is 0 Å². The van der Waals surface area contributed by atoms with E-state index in [0.717, 1.165) is 11.0 Å². The van der Waals surface area contributed by atoms with Gasteiger partial charge >= 0.3 is 6.18 Å². The molecule has 0 fully saturated rings. The minimum Gasteiger partial charge on any atom is -0.457 e. The monoisotopic (exact) mass is 579 g/mol. The molecule has 0 saturated heterocycles. The van der Waals surface area contributed by atoms with Crippen molar-refractivity contribution in [3.8, 4) is 11.5 Å². The van der Waals surface area contributed by atoms with Gasteiger partial charge in [-0.15, -0.1) is 0 Å². The lowest BCUT2D eigenvalue weighted by Crippen LogP contribution is -2.42. The molecule has 8 nitrogen and oxygen atoms in total. The fourth-order valence-corrected chi connectivity index (χ4v) is 3.89. The van der Waals surface area contributed by atoms with E-state index < -0.39 is 48.5 Å². The van der Waals surface area contributed by atoms with Crippen LogP contribution >= 0.6 is 0 Å². The second kappa shape index (κ2) is 13.1. The number of carbonyl (C=O) groups excluding carboxylic acids is 3. The number of furan rings is 1. The Morgan fingerprint density at radius 1 is 0.762 bits per heavy atom. The Morgan fingerprint density at radius 3 is 1.79 bits per heavy atom. The van der Waals surface area contributed by atoms with E-state index in [1.165, 1.54) is 5.56 Å². The summed E-state index contributed by atoms with van der Waals surface area (Å²) < 4.78 is 49.5. The van der Waals surface area contributed by atoms with E-state index in [9.17, 15) is 27.6 Å². The van der Waals surface area contributed by atoms with Gasteiger partial charge < -0.3 is 24.7 Å². The Kier molecular flexibility index (Phi) is 9.31. The lowest BCUT2D eigenvalue weighted by Gasteiger charge is -2.21. The number of alkyl halides is 3. The van der Waals surface area contributed by atoms with Gasteiger partial charge in [0.25, 0.3) is 5.91 Å². The first-order chi connectivity index (χ1) is 20.0. The fourth-order valence-electron chi connectivity index (χ4n) is 3.89. The molecule has 0 unspecified atom stereocenters. The van der Waals surface area contributed by atoms with Crippen LogP contribution in [0.5, 0.6) is 11.5 Å². The van der Waals surface area contributed by atoms with E-state index in [2.05, 4.69) is 28.9 Å². The summed E-state index contributed by atoms with van der Waals surface area (Å²) in [6.07, 6.45) is -4.81. The van der Waals surface area contributed by atoms with E-state index in [1.807, 2.05) is 24.3 Å². The van der Waals surface area contributed by atoms with Crippen molar-refractivity contribution >= 4 is 29.1 Å². The van der Waals surface area contributed by atoms with Crippen molar-refractivity contribution in [2.45, 2.75) is 25.9 Å². The SMILES string of the molecule is CC(C)c1ccc(Oc2ccc(NC(=O)CN(CC(=O)Nc3ccccc3)C(=O)c3ccc(C(F)(F)F)o3)cc2)cc1. The zero-order valence-corrected chi connectivity index (χ0v) is 22.8. The summed E-state index contributed by atoms with van der Waals surface area (Å²) in [6, 6.07) is 24.0. The number of rotatable bonds is 10. The molecule has 0 radical (unpaired) electrons. The van der Waals surface area contributed by atoms with Crippen LogP contribution in [0.4, 0.5) is 24.5 Å². The highest BCUT2D eigenvalue weighted by molar-refractivity contribution is 6.01. The molecule has 3 aromatic carbocycles. The number of benzene rings is 3. The zero-order valence-electron chi connectivity index (χ0n) is 22.8. The van der Waals surface area contributed by atoms with Gasteiger partial charge in [0.05, 0.1) is 0 Å². The molecule has 1 heterocycles. The van der Waals surface area contributed by atoms with E-state index in [4.69, 9.17) is 4.74 Å². The summed E-state index contributed by atoms with van der Waals surface area (Å²) in [5.74, 6) is -2.88. The van der Waals surface area contributed by atoms with E-state index >= 15 is 0 Å². The molecule has 0 aliphatic rings. The standard InChI is InChI=1S/C31H28F3N3O5/c1-20(2)21-8-12-24(13-9-21)41-25-14-10-23(11-15-25)36-29(39)19-37(18-28(38)35-22-6-4-3-5-7-22)30(40)26-16-17-27(42-26)31(32,33)34/h3-17,20H,18-19H2,1-2H3,(H,35,38)(H,36,39). The number of carbonyl (C=O) groups is 3. The number of anilines is 2. The van der Waals surface area contributed by atoms with Crippen molar-refractivity contribution in [1.29, 1.82) is 0 Å². The predicted molar refractivity (Wildman–Crippen MR) is 150 cm³/mol. The van der Waals surface area contributed by atoms with Gasteiger partial charge in [-0.1, -0.05) is 44.2 Å². The third-order valence-corrected chi connectivity index (χ3v) is 6.03. The van der Waals surface area contributed by atoms with Gasteiger partial charge in [0.1, 0.15) is 24.6 Å². The normalized spacial score (nSPS) is 11.2. The van der Waals surface area contributed by atoms with Gasteiger partial charge in [-0.25, -0.2) is 0 Å². The molecule has 0 aliphatic carbocycles. The van der Waals surface area contributed by atoms with E-state index in [1.54, 1.807) is 54.6 Å². The molecule has 218 valence electrons. The number of nitrogens with one attached hydrogen (secondary N) is 2. The highest BCUT2D eigenvalue weighted by Gasteiger charge is 2.36. The molecule has 0 bridgehead atoms. The highest BCUT2D eigenvalue weighted by atomic mass is 19.4. The van der Waals surface area contributed by atoms with Crippen molar-refractivity contribution < 1.29 is 36.7 Å². The Hall–Kier alpha value is -5.06. The summed E-state index contributed by atoms with van der Waals surface area (Å²) >= 11 is 0. The molecule has 1 aromatic heterocycles. The van der Waals surface area contributed by atoms with Crippen molar-refractivity contribution in [3.63, 3.8) is 0 Å². The van der Waals surface area contributed by atoms with Crippen LogP contribution in [0, 0.1) is 0 Å². The summed E-state index contributed by atoms with van der Waals surface area (Å²) in [5, 5.41) is 5.19. The van der Waals surface area contributed by atoms with E-state index in [-0.39, 0.29) is 0 Å². The number of hydrogen-bond acceptors (Lipinski definition) is 5. The Labute approximate surface area is 240 Å². The first-order valence-corrected chi connectivity index (χ1v) is 13.0. The quantitative estimate of drug-likeness (QED) is 0.212. The van der Waals surface area contributed by atoms with Gasteiger partial charge in [-0.05, 0) is 72.1 Å². The van der Waals surface area contributed by atoms with E-state index in [0.29, 0.717) is 34.9 Å². The second-order valence-electron chi connectivity index (χ2n) is 9.64. The lowest BCUT2D eigenvalue weighted by atomic mass is 10.0. The van der Waals surface area contributed by atoms with Crippen LogP contribution in [0.15, 0.2) is 95.4 Å². The Bertz CT molecular complexity index is 1520. The number of nitrogens with zero attached hydrogens (tertiary/aromatic N) is 1. The zero-order chi connectivity index (χ0) is 30.3. The number of ether oxygens (including phenoxy) is 1. The fraction of sp³-hybridized carbons (Fsp3) is 0.194. The first-order valence-electron chi connectivity index (χ1n) is 13.0. The molecule has 0 saturated carbocycles. The maximum Gasteiger partial charge on any atom is 0.449 e. The van der Waals surface area contributed by atoms with Gasteiger partial charge in [0, 0.05) is 11.4 Å². The Morgan fingerprint density at radius 2 is 1.29 bits per heavy atom. The summed E-state index contributed by atoms with van der Waals surface area (Å²) in [4.78, 5) is 39.3. The van der Waals surface area contributed by atoms with Crippen molar-refractivity contribution in [3.05, 3.63) is 108 Å². The van der Waals surface area contributed by atoms with Gasteiger partial charge in [0.2, 0.25) is 17.6 Å². The van der Waals surface area contributed by atoms with Crippen molar-refractivity contribution in [1.82, 2.24) is 4.90 Å². The van der Waals surface area contributed by atoms with Gasteiger partial charge in [-0.3, -0.25) is 14.4 Å². The van der Waals surface area contributed by atoms with Crippen LogP contribution in [0.25, 0.3) is 0 Å². The average molecular weight is 580 g/mol. The number of halogens is 3. The topological polar surface area (TPSA) is 101 Å². The minimum atomic E-state index is -4.81. The number of amides is 3. The minimum absolute atomic E-state index is 0.376. The summed E-state index contributed by atoms with van der Waals surface area (Å²) in [7, 11) is 0. The van der Waals surface area contributed by atoms with Crippen LogP contribution < -0.4 is 15.4 Å². The molecule has 4 aromatic rings. The van der Waals surface area contributed by atoms with Crippen LogP contribution in [-0.2, 0) is 15.8 Å². The number of hydrogen-bond donors (Lipinski definition) is 2. The van der Waals surface area contributed by atoms with Gasteiger partial charge in [0.15, 0.2) is 5.76 Å². The average Bonchev–Trinajstić information content (AvgIpc) is 3.46. The molecule has 2 N–H and O–H groups in total. The molecule has 4 rings (SSSR count). The van der Waals surface area contributed by atoms with Crippen molar-refractivity contribution in [2.75, 3.05) is 23.7 Å². The maximum absolute atomic E-state index is 13.0. The summed E-state index contributed by atoms with van der Waals surface area (Å²) in [5.41, 5.74) is 1.99. The molecule has 0 spiro atoms. The predicted octanol–water partition coefficient (Wildman–Crippen LogP) is 6.93. The largest absolute Gasteiger partial charge is 0.457 e. The maximum atomic E-state index is 13.0. The third kappa shape index (κ3) is 8.23. The molecule has 0 aliphatic heterocycles. The molecule has 42 heavy (non-hydrogen) atoms. The highest BCUT2D eigenvalue weighted by Crippen LogP contribution is 2.31. The van der Waals surface area contributed by atoms with Gasteiger partial charge in [-0.2, -0.15) is 13.2 Å². The smallest absolute Gasteiger partial charge is 0.449 e. The molecular weight excluding hydrogens is 551 g/mol. The molecule has 11 heteroatoms. The summed E-state index contributed by atoms with van der Waals surface area (Å²) in [6.45, 7) is 2.94. The van der Waals surface area contributed by atoms with Crippen molar-refractivity contribution in [2.24, 2.45) is 0 Å². The lowest BCUT2D eigenvalue weighted by molar-refractivity contribution is -0.153. The van der Waals surface area contributed by atoms with Crippen LogP contribution in [0.1, 0.15) is 41.6 Å². The first kappa shape index (κ1) is 29.9. The second-order valence-corrected chi connectivity index (χ2v) is 9.64. The molecule has 0 atom stereocenters. The molecule has 3 amide bonds. The molecular formula is C31H28F3N3O5.